The highest BCUT2D eigenvalue weighted by atomic mass is 16.2. The van der Waals surface area contributed by atoms with Crippen molar-refractivity contribution in [1.82, 2.24) is 9.80 Å². The fourth-order valence-electron chi connectivity index (χ4n) is 10.0. The van der Waals surface area contributed by atoms with Gasteiger partial charge in [0.2, 0.25) is 0 Å². The number of hydrogen-bond acceptors (Lipinski definition) is 4. The van der Waals surface area contributed by atoms with Crippen LogP contribution in [0.5, 0.6) is 0 Å². The number of nitrogens with zero attached hydrogens (tertiary/aromatic N) is 2. The fraction of sp³-hybridized carbons (Fsp3) is 0.538. The van der Waals surface area contributed by atoms with Crippen molar-refractivity contribution in [3.63, 3.8) is 0 Å². The summed E-state index contributed by atoms with van der Waals surface area (Å²) in [5.41, 5.74) is 3.46. The number of imide groups is 2. The summed E-state index contributed by atoms with van der Waals surface area (Å²) in [6.45, 7) is 7.57. The molecule has 0 spiro atoms. The molecule has 0 bridgehead atoms. The smallest absolute Gasteiger partial charge is 0.261 e. The molecule has 2 heterocycles. The first-order valence-corrected chi connectivity index (χ1v) is 23.4. The minimum Gasteiger partial charge on any atom is -0.274 e. The van der Waals surface area contributed by atoms with Crippen molar-refractivity contribution < 1.29 is 19.2 Å². The van der Waals surface area contributed by atoms with Crippen LogP contribution in [0.3, 0.4) is 0 Å². The standard InChI is InChI=1S/C52H66N2O4/c1-4-7-10-13-16-17-18-19-22-24-33-53-49(55)40-30-27-37-38-28-32-42-48-44(52(58)54(51(42)57)34-25-21-15-12-9-6-3)36(26-23-20-14-11-8-5-2)35-43(46(38)48)39-29-31-41(50(53)56)47(40)45(37)39/h27-32,35H,4-26,33-34H2,1-3H3. The molecule has 6 nitrogen and oxygen atoms in total. The topological polar surface area (TPSA) is 74.8 Å². The van der Waals surface area contributed by atoms with Crippen molar-refractivity contribution in [1.29, 1.82) is 0 Å². The van der Waals surface area contributed by atoms with Crippen LogP contribution in [0.25, 0.3) is 43.1 Å². The maximum absolute atomic E-state index is 14.6. The molecule has 0 fully saturated rings. The third-order valence-corrected chi connectivity index (χ3v) is 13.3. The molecule has 308 valence electrons. The minimum atomic E-state index is -0.210. The molecule has 2 aliphatic rings. The van der Waals surface area contributed by atoms with Crippen LogP contribution >= 0.6 is 0 Å². The van der Waals surface area contributed by atoms with Crippen molar-refractivity contribution >= 4 is 66.7 Å². The molecule has 4 amide bonds. The van der Waals surface area contributed by atoms with Gasteiger partial charge in [-0.15, -0.1) is 0 Å². The zero-order chi connectivity index (χ0) is 40.6. The van der Waals surface area contributed by atoms with E-state index < -0.39 is 0 Å². The van der Waals surface area contributed by atoms with Crippen LogP contribution in [-0.4, -0.2) is 46.5 Å². The number of hydrogen-bond donors (Lipinski definition) is 0. The SMILES string of the molecule is CCCCCCCCCCCCN1C(=O)c2ccc3c4ccc5c6c(c(CCCCCCCC)cc(c7ccc(c2c37)C1=O)c64)C(=O)N(CCCCCCCC)C5=O. The molecule has 7 rings (SSSR count). The van der Waals surface area contributed by atoms with Gasteiger partial charge < -0.3 is 0 Å². The van der Waals surface area contributed by atoms with Gasteiger partial charge in [-0.3, -0.25) is 29.0 Å². The second-order valence-electron chi connectivity index (χ2n) is 17.4. The Morgan fingerprint density at radius 1 is 0.362 bits per heavy atom. The maximum Gasteiger partial charge on any atom is 0.261 e. The second kappa shape index (κ2) is 19.6. The average molecular weight is 783 g/mol. The lowest BCUT2D eigenvalue weighted by molar-refractivity contribution is 0.0592. The Kier molecular flexibility index (Phi) is 14.1. The Morgan fingerprint density at radius 2 is 0.724 bits per heavy atom. The summed E-state index contributed by atoms with van der Waals surface area (Å²) in [7, 11) is 0. The second-order valence-corrected chi connectivity index (χ2v) is 17.4. The fourth-order valence-corrected chi connectivity index (χ4v) is 10.0. The number of rotatable bonds is 25. The number of carbonyl (C=O) groups is 4. The van der Waals surface area contributed by atoms with E-state index in [-0.39, 0.29) is 23.6 Å². The molecule has 5 aromatic carbocycles. The van der Waals surface area contributed by atoms with Crippen LogP contribution < -0.4 is 0 Å². The highest BCUT2D eigenvalue weighted by Gasteiger charge is 2.37. The molecule has 0 saturated heterocycles. The van der Waals surface area contributed by atoms with Gasteiger partial charge in [0.05, 0.1) is 5.56 Å². The Labute approximate surface area is 346 Å². The van der Waals surface area contributed by atoms with Gasteiger partial charge in [-0.25, -0.2) is 0 Å². The van der Waals surface area contributed by atoms with Crippen molar-refractivity contribution in [3.8, 4) is 0 Å². The number of aryl methyl sites for hydroxylation is 1. The minimum absolute atomic E-state index is 0.162. The molecule has 0 unspecified atom stereocenters. The molecule has 0 atom stereocenters. The van der Waals surface area contributed by atoms with Gasteiger partial charge in [0.15, 0.2) is 0 Å². The van der Waals surface area contributed by atoms with E-state index in [0.29, 0.717) is 35.3 Å². The van der Waals surface area contributed by atoms with Gasteiger partial charge in [0.1, 0.15) is 0 Å². The van der Waals surface area contributed by atoms with Gasteiger partial charge >= 0.3 is 0 Å². The van der Waals surface area contributed by atoms with E-state index in [9.17, 15) is 19.2 Å². The van der Waals surface area contributed by atoms with Crippen molar-refractivity contribution in [2.75, 3.05) is 13.1 Å². The molecular formula is C52H66N2O4. The monoisotopic (exact) mass is 783 g/mol. The number of benzene rings is 5. The van der Waals surface area contributed by atoms with Crippen molar-refractivity contribution in [3.05, 3.63) is 70.3 Å². The van der Waals surface area contributed by atoms with Crippen LogP contribution in [0.15, 0.2) is 42.5 Å². The lowest BCUT2D eigenvalue weighted by Crippen LogP contribution is -2.41. The van der Waals surface area contributed by atoms with E-state index in [0.717, 1.165) is 106 Å². The summed E-state index contributed by atoms with van der Waals surface area (Å²) >= 11 is 0. The summed E-state index contributed by atoms with van der Waals surface area (Å²) in [5, 5.41) is 7.23. The van der Waals surface area contributed by atoms with Crippen LogP contribution in [0, 0.1) is 0 Å². The normalized spacial score (nSPS) is 14.2. The number of unbranched alkanes of at least 4 members (excludes halogenated alkanes) is 19. The third kappa shape index (κ3) is 8.27. The molecule has 0 N–H and O–H groups in total. The largest absolute Gasteiger partial charge is 0.274 e. The molecule has 2 aliphatic heterocycles. The third-order valence-electron chi connectivity index (χ3n) is 13.3. The first-order valence-electron chi connectivity index (χ1n) is 23.4. The highest BCUT2D eigenvalue weighted by Crippen LogP contribution is 2.47. The van der Waals surface area contributed by atoms with E-state index in [2.05, 4.69) is 32.9 Å². The first kappa shape index (κ1) is 41.8. The van der Waals surface area contributed by atoms with Gasteiger partial charge in [0, 0.05) is 40.6 Å². The Bertz CT molecular complexity index is 2250. The number of carbonyl (C=O) groups excluding carboxylic acids is 4. The predicted octanol–water partition coefficient (Wildman–Crippen LogP) is 14.1. The van der Waals surface area contributed by atoms with E-state index in [1.54, 1.807) is 0 Å². The summed E-state index contributed by atoms with van der Waals surface area (Å²) in [6, 6.07) is 14.1. The van der Waals surface area contributed by atoms with Gasteiger partial charge in [-0.1, -0.05) is 161 Å². The quantitative estimate of drug-likeness (QED) is 0.0256. The molecule has 5 aromatic rings. The lowest BCUT2D eigenvalue weighted by atomic mass is 9.80. The molecule has 6 heteroatoms. The first-order chi connectivity index (χ1) is 28.4. The van der Waals surface area contributed by atoms with Crippen LogP contribution in [0.2, 0.25) is 0 Å². The average Bonchev–Trinajstić information content (AvgIpc) is 3.23. The van der Waals surface area contributed by atoms with Gasteiger partial charge in [0.25, 0.3) is 23.6 Å². The van der Waals surface area contributed by atoms with Crippen LogP contribution in [0.1, 0.15) is 209 Å². The summed E-state index contributed by atoms with van der Waals surface area (Å²) in [5.74, 6) is -0.780. The number of amides is 4. The van der Waals surface area contributed by atoms with Gasteiger partial charge in [-0.2, -0.15) is 0 Å². The zero-order valence-electron chi connectivity index (χ0n) is 35.7. The van der Waals surface area contributed by atoms with E-state index >= 15 is 0 Å². The van der Waals surface area contributed by atoms with E-state index in [1.165, 1.54) is 99.7 Å². The van der Waals surface area contributed by atoms with Crippen LogP contribution in [-0.2, 0) is 6.42 Å². The molecule has 0 aliphatic carbocycles. The van der Waals surface area contributed by atoms with Crippen molar-refractivity contribution in [2.24, 2.45) is 0 Å². The lowest BCUT2D eigenvalue weighted by Gasteiger charge is -2.31. The summed E-state index contributed by atoms with van der Waals surface area (Å²) in [4.78, 5) is 60.1. The Balaban J connectivity index is 1.22. The molecule has 0 saturated carbocycles. The molecular weight excluding hydrogens is 717 g/mol. The van der Waals surface area contributed by atoms with Gasteiger partial charge in [-0.05, 0) is 87.8 Å². The Morgan fingerprint density at radius 3 is 1.19 bits per heavy atom. The zero-order valence-corrected chi connectivity index (χ0v) is 35.7. The molecule has 58 heavy (non-hydrogen) atoms. The van der Waals surface area contributed by atoms with Crippen molar-refractivity contribution in [2.45, 2.75) is 168 Å². The van der Waals surface area contributed by atoms with Crippen LogP contribution in [0.4, 0.5) is 0 Å². The Hall–Kier alpha value is -4.32. The molecule has 0 radical (unpaired) electrons. The predicted molar refractivity (Wildman–Crippen MR) is 241 cm³/mol. The van der Waals surface area contributed by atoms with E-state index in [4.69, 9.17) is 0 Å². The number of fused-ring (bicyclic) bond motifs is 2. The summed E-state index contributed by atoms with van der Waals surface area (Å²) < 4.78 is 0. The highest BCUT2D eigenvalue weighted by molar-refractivity contribution is 6.41. The summed E-state index contributed by atoms with van der Waals surface area (Å²) in [6.07, 6.45) is 26.2. The van der Waals surface area contributed by atoms with E-state index in [1.807, 2.05) is 30.3 Å². The maximum atomic E-state index is 14.6. The molecule has 0 aromatic heterocycles.